The number of hydrogen-bond acceptors (Lipinski definition) is 3. The van der Waals surface area contributed by atoms with Crippen molar-refractivity contribution in [2.45, 2.75) is 25.4 Å². The third-order valence-corrected chi connectivity index (χ3v) is 4.69. The molecule has 1 aromatic carbocycles. The predicted molar refractivity (Wildman–Crippen MR) is 103 cm³/mol. The number of aryl methyl sites for hydroxylation is 1. The number of nitrogens with zero attached hydrogens (tertiary/aromatic N) is 2. The van der Waals surface area contributed by atoms with Crippen LogP contribution in [0.3, 0.4) is 0 Å². The van der Waals surface area contributed by atoms with Crippen LogP contribution in [-0.4, -0.2) is 35.6 Å². The first kappa shape index (κ1) is 20.9. The van der Waals surface area contributed by atoms with Crippen molar-refractivity contribution in [1.29, 1.82) is 0 Å². The summed E-state index contributed by atoms with van der Waals surface area (Å²) in [6.07, 6.45) is -1.04. The van der Waals surface area contributed by atoms with Gasteiger partial charge < -0.3 is 14.5 Å². The molecule has 154 valence electrons. The first-order valence-corrected chi connectivity index (χ1v) is 9.16. The number of alkyl halides is 3. The average molecular weight is 405 g/mol. The summed E-state index contributed by atoms with van der Waals surface area (Å²) in [7, 11) is 1.53. The number of ether oxygens (including phenoxy) is 1. The SMILES string of the molecule is COCCNC(=O)CC(c1cccc(C(F)(F)F)c1)c1cnc2cc(C)ccn12. The van der Waals surface area contributed by atoms with Gasteiger partial charge in [-0.05, 0) is 36.2 Å². The maximum absolute atomic E-state index is 13.2. The zero-order chi connectivity index (χ0) is 21.0. The number of benzene rings is 1. The molecule has 29 heavy (non-hydrogen) atoms. The standard InChI is InChI=1S/C21H22F3N3O2/c1-14-6-8-27-18(13-26-19(27)10-14)17(12-20(28)25-7-9-29-2)15-4-3-5-16(11-15)21(22,23)24/h3-6,8,10-11,13,17H,7,9,12H2,1-2H3,(H,25,28). The second kappa shape index (κ2) is 8.65. The molecule has 3 aromatic rings. The van der Waals surface area contributed by atoms with Crippen LogP contribution in [0.2, 0.25) is 0 Å². The quantitative estimate of drug-likeness (QED) is 0.606. The van der Waals surface area contributed by atoms with Gasteiger partial charge in [0.15, 0.2) is 0 Å². The number of pyridine rings is 1. The molecule has 0 saturated heterocycles. The zero-order valence-corrected chi connectivity index (χ0v) is 16.2. The van der Waals surface area contributed by atoms with Gasteiger partial charge in [0.05, 0.1) is 17.9 Å². The Morgan fingerprint density at radius 2 is 2.07 bits per heavy atom. The van der Waals surface area contributed by atoms with Gasteiger partial charge in [0.1, 0.15) is 5.65 Å². The van der Waals surface area contributed by atoms with E-state index in [0.29, 0.717) is 30.1 Å². The normalized spacial score (nSPS) is 12.9. The molecule has 1 amide bonds. The maximum Gasteiger partial charge on any atom is 0.416 e. The minimum atomic E-state index is -4.46. The fraction of sp³-hybridized carbons (Fsp3) is 0.333. The molecule has 0 aliphatic carbocycles. The van der Waals surface area contributed by atoms with Crippen molar-refractivity contribution in [2.75, 3.05) is 20.3 Å². The van der Waals surface area contributed by atoms with Crippen LogP contribution in [0.1, 0.15) is 34.7 Å². The van der Waals surface area contributed by atoms with Crippen molar-refractivity contribution >= 4 is 11.6 Å². The molecule has 0 aliphatic heterocycles. The highest BCUT2D eigenvalue weighted by molar-refractivity contribution is 5.77. The smallest absolute Gasteiger partial charge is 0.383 e. The molecule has 0 saturated carbocycles. The summed E-state index contributed by atoms with van der Waals surface area (Å²) in [6, 6.07) is 8.86. The van der Waals surface area contributed by atoms with Crippen LogP contribution in [-0.2, 0) is 15.7 Å². The lowest BCUT2D eigenvalue weighted by Gasteiger charge is -2.19. The Hall–Kier alpha value is -2.87. The van der Waals surface area contributed by atoms with E-state index in [-0.39, 0.29) is 12.3 Å². The van der Waals surface area contributed by atoms with Gasteiger partial charge in [-0.25, -0.2) is 4.98 Å². The summed E-state index contributed by atoms with van der Waals surface area (Å²) in [4.78, 5) is 16.8. The van der Waals surface area contributed by atoms with E-state index in [9.17, 15) is 18.0 Å². The largest absolute Gasteiger partial charge is 0.416 e. The van der Waals surface area contributed by atoms with Crippen molar-refractivity contribution in [1.82, 2.24) is 14.7 Å². The van der Waals surface area contributed by atoms with Crippen LogP contribution < -0.4 is 5.32 Å². The zero-order valence-electron chi connectivity index (χ0n) is 16.2. The molecule has 3 rings (SSSR count). The monoisotopic (exact) mass is 405 g/mol. The molecule has 0 bridgehead atoms. The molecular formula is C21H22F3N3O2. The Morgan fingerprint density at radius 1 is 1.28 bits per heavy atom. The lowest BCUT2D eigenvalue weighted by Crippen LogP contribution is -2.28. The predicted octanol–water partition coefficient (Wildman–Crippen LogP) is 3.95. The lowest BCUT2D eigenvalue weighted by molar-refractivity contribution is -0.137. The second-order valence-corrected chi connectivity index (χ2v) is 6.84. The van der Waals surface area contributed by atoms with Gasteiger partial charge >= 0.3 is 6.18 Å². The van der Waals surface area contributed by atoms with E-state index >= 15 is 0 Å². The third-order valence-electron chi connectivity index (χ3n) is 4.69. The molecule has 0 radical (unpaired) electrons. The van der Waals surface area contributed by atoms with Gasteiger partial charge in [-0.1, -0.05) is 18.2 Å². The molecule has 8 heteroatoms. The minimum absolute atomic E-state index is 0.00725. The Balaban J connectivity index is 2.01. The van der Waals surface area contributed by atoms with E-state index in [1.807, 2.05) is 25.3 Å². The molecule has 1 N–H and O–H groups in total. The number of imidazole rings is 1. The van der Waals surface area contributed by atoms with Crippen LogP contribution in [0.4, 0.5) is 13.2 Å². The highest BCUT2D eigenvalue weighted by Crippen LogP contribution is 2.34. The van der Waals surface area contributed by atoms with Crippen LogP contribution in [0.15, 0.2) is 48.8 Å². The van der Waals surface area contributed by atoms with E-state index in [0.717, 1.165) is 17.7 Å². The fourth-order valence-corrected chi connectivity index (χ4v) is 3.23. The summed E-state index contributed by atoms with van der Waals surface area (Å²) in [5, 5.41) is 2.73. The average Bonchev–Trinajstić information content (AvgIpc) is 3.08. The van der Waals surface area contributed by atoms with E-state index < -0.39 is 17.7 Å². The molecule has 2 aromatic heterocycles. The summed E-state index contributed by atoms with van der Waals surface area (Å²) in [5.74, 6) is -0.857. The van der Waals surface area contributed by atoms with Crippen molar-refractivity contribution in [3.05, 3.63) is 71.2 Å². The third kappa shape index (κ3) is 4.95. The number of aromatic nitrogens is 2. The maximum atomic E-state index is 13.2. The minimum Gasteiger partial charge on any atom is -0.383 e. The number of nitrogens with one attached hydrogen (secondary N) is 1. The van der Waals surface area contributed by atoms with Gasteiger partial charge in [0, 0.05) is 38.4 Å². The molecule has 0 aliphatic rings. The van der Waals surface area contributed by atoms with Crippen LogP contribution in [0, 0.1) is 6.92 Å². The molecule has 1 atom stereocenters. The van der Waals surface area contributed by atoms with E-state index in [1.54, 1.807) is 16.7 Å². The van der Waals surface area contributed by atoms with Gasteiger partial charge in [0.2, 0.25) is 5.91 Å². The van der Waals surface area contributed by atoms with Crippen molar-refractivity contribution < 1.29 is 22.7 Å². The highest BCUT2D eigenvalue weighted by Gasteiger charge is 2.32. The first-order chi connectivity index (χ1) is 13.8. The van der Waals surface area contributed by atoms with E-state index in [1.165, 1.54) is 13.2 Å². The number of carbonyl (C=O) groups is 1. The molecular weight excluding hydrogens is 383 g/mol. The Labute approximate surface area is 166 Å². The fourth-order valence-electron chi connectivity index (χ4n) is 3.23. The summed E-state index contributed by atoms with van der Waals surface area (Å²) in [6.45, 7) is 2.62. The second-order valence-electron chi connectivity index (χ2n) is 6.84. The number of hydrogen-bond donors (Lipinski definition) is 1. The summed E-state index contributed by atoms with van der Waals surface area (Å²) < 4.78 is 46.4. The molecule has 0 spiro atoms. The molecule has 1 unspecified atom stereocenters. The van der Waals surface area contributed by atoms with Gasteiger partial charge in [-0.15, -0.1) is 0 Å². The number of fused-ring (bicyclic) bond motifs is 1. The summed E-state index contributed by atoms with van der Waals surface area (Å²) in [5.41, 5.74) is 2.01. The van der Waals surface area contributed by atoms with Crippen LogP contribution in [0.5, 0.6) is 0 Å². The van der Waals surface area contributed by atoms with Gasteiger partial charge in [0.25, 0.3) is 0 Å². The Bertz CT molecular complexity index is 998. The van der Waals surface area contributed by atoms with E-state index in [2.05, 4.69) is 10.3 Å². The van der Waals surface area contributed by atoms with Crippen molar-refractivity contribution in [3.8, 4) is 0 Å². The van der Waals surface area contributed by atoms with Crippen LogP contribution in [0.25, 0.3) is 5.65 Å². The van der Waals surface area contributed by atoms with Crippen LogP contribution >= 0.6 is 0 Å². The lowest BCUT2D eigenvalue weighted by atomic mass is 9.91. The number of methoxy groups -OCH3 is 1. The Morgan fingerprint density at radius 3 is 2.79 bits per heavy atom. The van der Waals surface area contributed by atoms with Gasteiger partial charge in [-0.2, -0.15) is 13.2 Å². The van der Waals surface area contributed by atoms with Gasteiger partial charge in [-0.3, -0.25) is 4.79 Å². The number of halogens is 3. The number of rotatable bonds is 7. The highest BCUT2D eigenvalue weighted by atomic mass is 19.4. The number of carbonyl (C=O) groups excluding carboxylic acids is 1. The molecule has 0 fully saturated rings. The first-order valence-electron chi connectivity index (χ1n) is 9.16. The summed E-state index contributed by atoms with van der Waals surface area (Å²) >= 11 is 0. The van der Waals surface area contributed by atoms with Crippen molar-refractivity contribution in [3.63, 3.8) is 0 Å². The topological polar surface area (TPSA) is 55.6 Å². The Kier molecular flexibility index (Phi) is 6.22. The number of amides is 1. The molecule has 5 nitrogen and oxygen atoms in total. The van der Waals surface area contributed by atoms with E-state index in [4.69, 9.17) is 4.74 Å². The van der Waals surface area contributed by atoms with Crippen molar-refractivity contribution in [2.24, 2.45) is 0 Å². The molecule has 2 heterocycles.